The Morgan fingerprint density at radius 2 is 2.12 bits per heavy atom. The molecule has 25 heavy (non-hydrogen) atoms. The number of amides is 1. The molecular weight excluding hydrogens is 325 g/mol. The summed E-state index contributed by atoms with van der Waals surface area (Å²) in [5.41, 5.74) is 1.20. The van der Waals surface area contributed by atoms with Crippen molar-refractivity contribution in [1.82, 2.24) is 9.97 Å². The minimum absolute atomic E-state index is 0.140. The van der Waals surface area contributed by atoms with Gasteiger partial charge in [0.1, 0.15) is 23.4 Å². The second-order valence-electron chi connectivity index (χ2n) is 6.77. The van der Waals surface area contributed by atoms with Crippen LogP contribution in [0.3, 0.4) is 0 Å². The average molecular weight is 343 g/mol. The van der Waals surface area contributed by atoms with Crippen LogP contribution in [0.4, 0.5) is 10.2 Å². The Balaban J connectivity index is 1.44. The monoisotopic (exact) mass is 343 g/mol. The summed E-state index contributed by atoms with van der Waals surface area (Å²) >= 11 is 0. The highest BCUT2D eigenvalue weighted by Crippen LogP contribution is 2.48. The third-order valence-electron chi connectivity index (χ3n) is 4.56. The standard InChI is InChI=1S/C18H18FN3O3/c1-11-5-12(25-13-7-18(8-13)9-24-10-18)6-14(20-11)17(23)22-16-4-2-3-15(19)21-16/h2-6,13H,7-10H2,1H3,(H,21,22,23). The van der Waals surface area contributed by atoms with Gasteiger partial charge in [-0.25, -0.2) is 9.97 Å². The number of rotatable bonds is 4. The predicted octanol–water partition coefficient (Wildman–Crippen LogP) is 2.73. The van der Waals surface area contributed by atoms with E-state index in [0.717, 1.165) is 26.1 Å². The summed E-state index contributed by atoms with van der Waals surface area (Å²) in [6.07, 6.45) is 2.10. The summed E-state index contributed by atoms with van der Waals surface area (Å²) in [5, 5.41) is 2.54. The van der Waals surface area contributed by atoms with Gasteiger partial charge in [-0.15, -0.1) is 0 Å². The van der Waals surface area contributed by atoms with Gasteiger partial charge in [0.2, 0.25) is 5.95 Å². The number of pyridine rings is 2. The van der Waals surface area contributed by atoms with Gasteiger partial charge in [-0.3, -0.25) is 4.79 Å². The minimum atomic E-state index is -0.655. The molecule has 1 amide bonds. The van der Waals surface area contributed by atoms with Crippen LogP contribution < -0.4 is 10.1 Å². The Bertz CT molecular complexity index is 815. The Morgan fingerprint density at radius 3 is 2.80 bits per heavy atom. The fourth-order valence-electron chi connectivity index (χ4n) is 3.29. The van der Waals surface area contributed by atoms with E-state index in [-0.39, 0.29) is 17.6 Å². The van der Waals surface area contributed by atoms with Gasteiger partial charge in [-0.1, -0.05) is 6.07 Å². The lowest BCUT2D eigenvalue weighted by molar-refractivity contribution is -0.191. The molecule has 0 aromatic carbocycles. The third kappa shape index (κ3) is 3.32. The molecule has 1 saturated carbocycles. The first-order valence-electron chi connectivity index (χ1n) is 8.18. The van der Waals surface area contributed by atoms with Crippen LogP contribution in [0.1, 0.15) is 29.0 Å². The van der Waals surface area contributed by atoms with Crippen molar-refractivity contribution in [3.05, 3.63) is 47.7 Å². The largest absolute Gasteiger partial charge is 0.490 e. The molecule has 1 aliphatic heterocycles. The van der Waals surface area contributed by atoms with Crippen molar-refractivity contribution >= 4 is 11.7 Å². The van der Waals surface area contributed by atoms with Gasteiger partial charge in [0.15, 0.2) is 0 Å². The van der Waals surface area contributed by atoms with Crippen molar-refractivity contribution in [1.29, 1.82) is 0 Å². The van der Waals surface area contributed by atoms with E-state index in [4.69, 9.17) is 9.47 Å². The molecule has 130 valence electrons. The highest BCUT2D eigenvalue weighted by Gasteiger charge is 2.51. The van der Waals surface area contributed by atoms with Gasteiger partial charge in [-0.05, 0) is 31.9 Å². The van der Waals surface area contributed by atoms with Crippen LogP contribution in [0.25, 0.3) is 0 Å². The zero-order chi connectivity index (χ0) is 17.4. The summed E-state index contributed by atoms with van der Waals surface area (Å²) in [7, 11) is 0. The Morgan fingerprint density at radius 1 is 1.32 bits per heavy atom. The zero-order valence-electron chi connectivity index (χ0n) is 13.8. The molecule has 2 fully saturated rings. The second-order valence-corrected chi connectivity index (χ2v) is 6.77. The number of anilines is 1. The maximum atomic E-state index is 13.1. The summed E-state index contributed by atoms with van der Waals surface area (Å²) in [6.45, 7) is 3.43. The first kappa shape index (κ1) is 16.0. The van der Waals surface area contributed by atoms with E-state index < -0.39 is 11.9 Å². The van der Waals surface area contributed by atoms with Crippen molar-refractivity contribution in [2.75, 3.05) is 18.5 Å². The molecule has 1 aliphatic carbocycles. The highest BCUT2D eigenvalue weighted by molar-refractivity contribution is 6.02. The first-order chi connectivity index (χ1) is 12.0. The van der Waals surface area contributed by atoms with E-state index in [1.54, 1.807) is 19.1 Å². The number of carbonyl (C=O) groups is 1. The Kier molecular flexibility index (Phi) is 3.88. The minimum Gasteiger partial charge on any atom is -0.490 e. The fraction of sp³-hybridized carbons (Fsp3) is 0.389. The number of hydrogen-bond donors (Lipinski definition) is 1. The maximum Gasteiger partial charge on any atom is 0.275 e. The Labute approximate surface area is 144 Å². The maximum absolute atomic E-state index is 13.1. The van der Waals surface area contributed by atoms with Crippen molar-refractivity contribution < 1.29 is 18.7 Å². The van der Waals surface area contributed by atoms with Gasteiger partial charge in [-0.2, -0.15) is 4.39 Å². The third-order valence-corrected chi connectivity index (χ3v) is 4.56. The lowest BCUT2D eigenvalue weighted by Crippen LogP contribution is -2.56. The van der Waals surface area contributed by atoms with Gasteiger partial charge < -0.3 is 14.8 Å². The van der Waals surface area contributed by atoms with Crippen molar-refractivity contribution in [2.45, 2.75) is 25.9 Å². The fourth-order valence-corrected chi connectivity index (χ4v) is 3.29. The van der Waals surface area contributed by atoms with Crippen LogP contribution in [0.15, 0.2) is 30.3 Å². The van der Waals surface area contributed by atoms with E-state index in [1.165, 1.54) is 18.2 Å². The van der Waals surface area contributed by atoms with E-state index in [1.807, 2.05) is 0 Å². The molecule has 1 N–H and O–H groups in total. The molecule has 2 aromatic rings. The molecule has 0 bridgehead atoms. The molecule has 1 spiro atoms. The van der Waals surface area contributed by atoms with Crippen molar-refractivity contribution in [2.24, 2.45) is 5.41 Å². The second kappa shape index (κ2) is 6.07. The molecule has 0 atom stereocenters. The molecule has 2 aliphatic rings. The topological polar surface area (TPSA) is 73.3 Å². The number of ether oxygens (including phenoxy) is 2. The van der Waals surface area contributed by atoms with Gasteiger partial charge >= 0.3 is 0 Å². The van der Waals surface area contributed by atoms with Crippen LogP contribution in [0, 0.1) is 18.3 Å². The first-order valence-corrected chi connectivity index (χ1v) is 8.18. The molecule has 0 radical (unpaired) electrons. The smallest absolute Gasteiger partial charge is 0.275 e. The summed E-state index contributed by atoms with van der Waals surface area (Å²) in [4.78, 5) is 20.2. The van der Waals surface area contributed by atoms with Gasteiger partial charge in [0.05, 0.1) is 13.2 Å². The van der Waals surface area contributed by atoms with Crippen molar-refractivity contribution in [3.8, 4) is 5.75 Å². The van der Waals surface area contributed by atoms with E-state index in [0.29, 0.717) is 16.9 Å². The van der Waals surface area contributed by atoms with Gasteiger partial charge in [0, 0.05) is 23.2 Å². The number of carbonyl (C=O) groups excluding carboxylic acids is 1. The Hall–Kier alpha value is -2.54. The zero-order valence-corrected chi connectivity index (χ0v) is 13.8. The lowest BCUT2D eigenvalue weighted by atomic mass is 9.65. The van der Waals surface area contributed by atoms with E-state index in [2.05, 4.69) is 15.3 Å². The molecule has 0 unspecified atom stereocenters. The summed E-state index contributed by atoms with van der Waals surface area (Å²) in [6, 6.07) is 7.61. The number of nitrogens with zero attached hydrogens (tertiary/aromatic N) is 2. The van der Waals surface area contributed by atoms with Crippen LogP contribution in [-0.2, 0) is 4.74 Å². The normalized spacial score (nSPS) is 18.3. The molecule has 3 heterocycles. The predicted molar refractivity (Wildman–Crippen MR) is 88.0 cm³/mol. The molecule has 6 nitrogen and oxygen atoms in total. The molecule has 1 saturated heterocycles. The molecular formula is C18H18FN3O3. The highest BCUT2D eigenvalue weighted by atomic mass is 19.1. The number of halogens is 1. The SMILES string of the molecule is Cc1cc(OC2CC3(COC3)C2)cc(C(=O)Nc2cccc(F)n2)n1. The number of hydrogen-bond acceptors (Lipinski definition) is 5. The quantitative estimate of drug-likeness (QED) is 0.864. The van der Waals surface area contributed by atoms with Crippen LogP contribution in [-0.4, -0.2) is 35.2 Å². The molecule has 2 aromatic heterocycles. The van der Waals surface area contributed by atoms with Crippen LogP contribution in [0.2, 0.25) is 0 Å². The number of aromatic nitrogens is 2. The average Bonchev–Trinajstić information content (AvgIpc) is 2.48. The van der Waals surface area contributed by atoms with Crippen LogP contribution >= 0.6 is 0 Å². The lowest BCUT2D eigenvalue weighted by Gasteiger charge is -2.52. The van der Waals surface area contributed by atoms with Gasteiger partial charge in [0.25, 0.3) is 5.91 Å². The van der Waals surface area contributed by atoms with Crippen LogP contribution in [0.5, 0.6) is 5.75 Å². The summed E-state index contributed by atoms with van der Waals surface area (Å²) in [5.74, 6) is -0.353. The van der Waals surface area contributed by atoms with E-state index in [9.17, 15) is 9.18 Å². The molecule has 4 rings (SSSR count). The van der Waals surface area contributed by atoms with Crippen molar-refractivity contribution in [3.63, 3.8) is 0 Å². The van der Waals surface area contributed by atoms with E-state index >= 15 is 0 Å². The summed E-state index contributed by atoms with van der Waals surface area (Å²) < 4.78 is 24.4. The molecule has 7 heteroatoms. The number of nitrogens with one attached hydrogen (secondary N) is 1. The number of aryl methyl sites for hydroxylation is 1.